The van der Waals surface area contributed by atoms with Crippen LogP contribution in [0.3, 0.4) is 0 Å². The minimum Gasteiger partial charge on any atom is -0.454 e. The molecule has 2 aromatic heterocycles. The first-order chi connectivity index (χ1) is 14.7. The molecule has 0 radical (unpaired) electrons. The highest BCUT2D eigenvalue weighted by molar-refractivity contribution is 7.17. The number of thiophene rings is 2. The molecule has 0 fully saturated rings. The summed E-state index contributed by atoms with van der Waals surface area (Å²) in [5, 5.41) is 10.8. The van der Waals surface area contributed by atoms with Crippen LogP contribution in [-0.4, -0.2) is 18.6 Å². The summed E-state index contributed by atoms with van der Waals surface area (Å²) in [6.07, 6.45) is 0. The molecule has 2 N–H and O–H groups in total. The Morgan fingerprint density at radius 3 is 2.73 bits per heavy atom. The molecule has 0 spiro atoms. The third-order valence-corrected chi connectivity index (χ3v) is 6.55. The van der Waals surface area contributed by atoms with Gasteiger partial charge in [0.25, 0.3) is 11.8 Å². The molecule has 1 aliphatic rings. The molecule has 0 saturated carbocycles. The summed E-state index contributed by atoms with van der Waals surface area (Å²) in [7, 11) is 0. The van der Waals surface area contributed by atoms with Crippen LogP contribution in [0.4, 0.5) is 5.00 Å². The molecule has 8 heteroatoms. The lowest BCUT2D eigenvalue weighted by molar-refractivity contribution is 0.0952. The Bertz CT molecular complexity index is 1260. The van der Waals surface area contributed by atoms with Gasteiger partial charge in [-0.15, -0.1) is 22.7 Å². The van der Waals surface area contributed by atoms with E-state index in [1.54, 1.807) is 11.4 Å². The van der Waals surface area contributed by atoms with Gasteiger partial charge in [0, 0.05) is 22.0 Å². The van der Waals surface area contributed by atoms with E-state index in [1.165, 1.54) is 22.7 Å². The lowest BCUT2D eigenvalue weighted by atomic mass is 10.1. The lowest BCUT2D eigenvalue weighted by Crippen LogP contribution is -2.24. The number of hydrogen-bond donors (Lipinski definition) is 2. The van der Waals surface area contributed by atoms with E-state index in [0.29, 0.717) is 34.2 Å². The van der Waals surface area contributed by atoms with Crippen molar-refractivity contribution in [3.8, 4) is 11.5 Å². The molecule has 150 valence electrons. The van der Waals surface area contributed by atoms with Gasteiger partial charge in [-0.05, 0) is 35.2 Å². The normalized spacial score (nSPS) is 12.1. The zero-order valence-corrected chi connectivity index (χ0v) is 17.3. The maximum atomic E-state index is 12.8. The molecule has 0 bridgehead atoms. The molecule has 0 saturated heterocycles. The molecule has 0 aliphatic carbocycles. The van der Waals surface area contributed by atoms with Gasteiger partial charge >= 0.3 is 0 Å². The Labute approximate surface area is 180 Å². The zero-order chi connectivity index (χ0) is 20.5. The van der Waals surface area contributed by atoms with E-state index in [9.17, 15) is 9.59 Å². The van der Waals surface area contributed by atoms with Crippen LogP contribution in [0.2, 0.25) is 0 Å². The molecule has 1 aliphatic heterocycles. The van der Waals surface area contributed by atoms with Gasteiger partial charge in [-0.1, -0.05) is 24.3 Å². The van der Waals surface area contributed by atoms with Crippen molar-refractivity contribution in [2.24, 2.45) is 0 Å². The van der Waals surface area contributed by atoms with E-state index in [1.807, 2.05) is 47.8 Å². The maximum absolute atomic E-state index is 12.8. The highest BCUT2D eigenvalue weighted by Crippen LogP contribution is 2.32. The van der Waals surface area contributed by atoms with E-state index >= 15 is 0 Å². The number of fused-ring (bicyclic) bond motifs is 2. The first-order valence-corrected chi connectivity index (χ1v) is 11.0. The van der Waals surface area contributed by atoms with Gasteiger partial charge in [0.1, 0.15) is 5.00 Å². The van der Waals surface area contributed by atoms with Gasteiger partial charge in [0.2, 0.25) is 6.79 Å². The summed E-state index contributed by atoms with van der Waals surface area (Å²) in [5.41, 5.74) is 1.95. The summed E-state index contributed by atoms with van der Waals surface area (Å²) in [5.74, 6) is 0.904. The van der Waals surface area contributed by atoms with E-state index in [-0.39, 0.29) is 18.6 Å². The summed E-state index contributed by atoms with van der Waals surface area (Å²) in [4.78, 5) is 25.5. The molecule has 4 aromatic rings. The number of amides is 2. The highest BCUT2D eigenvalue weighted by Gasteiger charge is 2.18. The van der Waals surface area contributed by atoms with Crippen LogP contribution >= 0.6 is 22.7 Å². The predicted molar refractivity (Wildman–Crippen MR) is 118 cm³/mol. The van der Waals surface area contributed by atoms with E-state index in [4.69, 9.17) is 9.47 Å². The average Bonchev–Trinajstić information content (AvgIpc) is 3.50. The van der Waals surface area contributed by atoms with Crippen molar-refractivity contribution < 1.29 is 19.1 Å². The van der Waals surface area contributed by atoms with Crippen LogP contribution < -0.4 is 20.1 Å². The van der Waals surface area contributed by atoms with Gasteiger partial charge in [0.15, 0.2) is 11.5 Å². The Kier molecular flexibility index (Phi) is 4.86. The van der Waals surface area contributed by atoms with Gasteiger partial charge < -0.3 is 20.1 Å². The van der Waals surface area contributed by atoms with E-state index in [2.05, 4.69) is 10.6 Å². The highest BCUT2D eigenvalue weighted by atomic mass is 32.1. The smallest absolute Gasteiger partial charge is 0.257 e. The monoisotopic (exact) mass is 436 g/mol. The SMILES string of the molecule is O=C(NCc1ccc2c(c1)OCO2)c1ccsc1NC(=O)c1csc2ccccc12. The third-order valence-electron chi connectivity index (χ3n) is 4.75. The van der Waals surface area contributed by atoms with Crippen LogP contribution in [-0.2, 0) is 6.54 Å². The second kappa shape index (κ2) is 7.81. The molecule has 0 atom stereocenters. The predicted octanol–water partition coefficient (Wildman–Crippen LogP) is 4.87. The Morgan fingerprint density at radius 1 is 0.933 bits per heavy atom. The summed E-state index contributed by atoms with van der Waals surface area (Å²) < 4.78 is 11.7. The zero-order valence-electron chi connectivity index (χ0n) is 15.6. The molecule has 2 amide bonds. The fourth-order valence-corrected chi connectivity index (χ4v) is 4.96. The quantitative estimate of drug-likeness (QED) is 0.468. The number of carbonyl (C=O) groups is 2. The summed E-state index contributed by atoms with van der Waals surface area (Å²) >= 11 is 2.84. The van der Waals surface area contributed by atoms with Crippen molar-refractivity contribution in [1.29, 1.82) is 0 Å². The maximum Gasteiger partial charge on any atom is 0.257 e. The van der Waals surface area contributed by atoms with Crippen molar-refractivity contribution in [3.63, 3.8) is 0 Å². The first kappa shape index (κ1) is 18.7. The number of carbonyl (C=O) groups excluding carboxylic acids is 2. The third kappa shape index (κ3) is 3.51. The van der Waals surface area contributed by atoms with Crippen molar-refractivity contribution in [1.82, 2.24) is 5.32 Å². The van der Waals surface area contributed by atoms with Crippen LogP contribution in [0.25, 0.3) is 10.1 Å². The Hall–Kier alpha value is -3.36. The molecular formula is C22H16N2O4S2. The number of hydrogen-bond acceptors (Lipinski definition) is 6. The minimum atomic E-state index is -0.251. The fourth-order valence-electron chi connectivity index (χ4n) is 3.24. The van der Waals surface area contributed by atoms with E-state index in [0.717, 1.165) is 15.6 Å². The van der Waals surface area contributed by atoms with Crippen molar-refractivity contribution in [3.05, 3.63) is 76.0 Å². The van der Waals surface area contributed by atoms with Crippen LogP contribution in [0, 0.1) is 0 Å². The molecule has 30 heavy (non-hydrogen) atoms. The van der Waals surface area contributed by atoms with Crippen molar-refractivity contribution in [2.45, 2.75) is 6.54 Å². The van der Waals surface area contributed by atoms with Gasteiger partial charge in [-0.3, -0.25) is 9.59 Å². The van der Waals surface area contributed by atoms with Gasteiger partial charge in [-0.25, -0.2) is 0 Å². The van der Waals surface area contributed by atoms with Crippen LogP contribution in [0.15, 0.2) is 59.3 Å². The Balaban J connectivity index is 1.28. The average molecular weight is 437 g/mol. The van der Waals surface area contributed by atoms with Gasteiger partial charge in [0.05, 0.1) is 11.1 Å². The minimum absolute atomic E-state index is 0.211. The number of anilines is 1. The van der Waals surface area contributed by atoms with Crippen LogP contribution in [0.1, 0.15) is 26.3 Å². The number of ether oxygens (including phenoxy) is 2. The van der Waals surface area contributed by atoms with E-state index < -0.39 is 0 Å². The molecule has 0 unspecified atom stereocenters. The molecule has 5 rings (SSSR count). The number of rotatable bonds is 5. The van der Waals surface area contributed by atoms with Gasteiger partial charge in [-0.2, -0.15) is 0 Å². The molecule has 6 nitrogen and oxygen atoms in total. The van der Waals surface area contributed by atoms with Crippen LogP contribution in [0.5, 0.6) is 11.5 Å². The molecule has 3 heterocycles. The molecule has 2 aromatic carbocycles. The second-order valence-electron chi connectivity index (χ2n) is 6.63. The fraction of sp³-hybridized carbons (Fsp3) is 0.0909. The molecular weight excluding hydrogens is 420 g/mol. The van der Waals surface area contributed by atoms with Crippen molar-refractivity contribution >= 4 is 49.6 Å². The Morgan fingerprint density at radius 2 is 1.80 bits per heavy atom. The van der Waals surface area contributed by atoms with Crippen molar-refractivity contribution in [2.75, 3.05) is 12.1 Å². The standard InChI is InChI=1S/C22H16N2O4S2/c25-20(23-10-13-5-6-17-18(9-13)28-12-27-17)15-7-8-29-22(15)24-21(26)16-11-30-19-4-2-1-3-14(16)19/h1-9,11H,10,12H2,(H,23,25)(H,24,26). The first-order valence-electron chi connectivity index (χ1n) is 9.21. The topological polar surface area (TPSA) is 76.7 Å². The lowest BCUT2D eigenvalue weighted by Gasteiger charge is -2.08. The largest absolute Gasteiger partial charge is 0.454 e. The summed E-state index contributed by atoms with van der Waals surface area (Å²) in [6, 6.07) is 15.0. The number of nitrogens with one attached hydrogen (secondary N) is 2. The summed E-state index contributed by atoms with van der Waals surface area (Å²) in [6.45, 7) is 0.552. The number of benzene rings is 2. The second-order valence-corrected chi connectivity index (χ2v) is 8.46.